The Balaban J connectivity index is 1.94. The number of carbonyl (C=O) groups excluding carboxylic acids is 1. The molecule has 0 unspecified atom stereocenters. The first-order valence-corrected chi connectivity index (χ1v) is 7.15. The molecule has 0 aliphatic rings. The van der Waals surface area contributed by atoms with Gasteiger partial charge in [-0.3, -0.25) is 9.78 Å². The van der Waals surface area contributed by atoms with Gasteiger partial charge in [0.1, 0.15) is 0 Å². The number of benzene rings is 2. The van der Waals surface area contributed by atoms with Crippen molar-refractivity contribution in [3.8, 4) is 0 Å². The summed E-state index contributed by atoms with van der Waals surface area (Å²) < 4.78 is 0. The predicted molar refractivity (Wildman–Crippen MR) is 87.6 cm³/mol. The number of hydrogen-bond acceptors (Lipinski definition) is 2. The molecule has 3 heteroatoms. The molecule has 22 heavy (non-hydrogen) atoms. The van der Waals surface area contributed by atoms with Crippen molar-refractivity contribution >= 4 is 11.6 Å². The Bertz CT molecular complexity index is 688. The third-order valence-corrected chi connectivity index (χ3v) is 3.48. The summed E-state index contributed by atoms with van der Waals surface area (Å²) >= 11 is 0. The lowest BCUT2D eigenvalue weighted by Crippen LogP contribution is -2.22. The average molecular weight is 288 g/mol. The van der Waals surface area contributed by atoms with Crippen LogP contribution in [-0.4, -0.2) is 10.9 Å². The lowest BCUT2D eigenvalue weighted by atomic mass is 9.90. The Kier molecular flexibility index (Phi) is 4.25. The SMILES string of the molecule is O=C(Nc1ccncc1)C(c1ccccc1)c1ccccc1. The van der Waals surface area contributed by atoms with Crippen molar-refractivity contribution in [2.45, 2.75) is 5.92 Å². The van der Waals surface area contributed by atoms with Crippen LogP contribution in [-0.2, 0) is 4.79 Å². The van der Waals surface area contributed by atoms with Gasteiger partial charge in [0.2, 0.25) is 5.91 Å². The number of anilines is 1. The second-order valence-corrected chi connectivity index (χ2v) is 4.98. The van der Waals surface area contributed by atoms with E-state index in [0.717, 1.165) is 16.8 Å². The molecule has 1 N–H and O–H groups in total. The first-order valence-electron chi connectivity index (χ1n) is 7.15. The summed E-state index contributed by atoms with van der Waals surface area (Å²) in [5, 5.41) is 2.96. The molecular formula is C19H16N2O. The third-order valence-electron chi connectivity index (χ3n) is 3.48. The molecule has 0 aliphatic carbocycles. The minimum Gasteiger partial charge on any atom is -0.325 e. The number of carbonyl (C=O) groups is 1. The molecule has 0 spiro atoms. The lowest BCUT2D eigenvalue weighted by Gasteiger charge is -2.17. The highest BCUT2D eigenvalue weighted by Gasteiger charge is 2.22. The predicted octanol–water partition coefficient (Wildman–Crippen LogP) is 3.85. The number of rotatable bonds is 4. The van der Waals surface area contributed by atoms with Crippen LogP contribution in [0.1, 0.15) is 17.0 Å². The first-order chi connectivity index (χ1) is 10.8. The van der Waals surface area contributed by atoms with Crippen LogP contribution in [0, 0.1) is 0 Å². The molecule has 1 heterocycles. The van der Waals surface area contributed by atoms with Crippen LogP contribution in [0.4, 0.5) is 5.69 Å². The van der Waals surface area contributed by atoms with E-state index in [2.05, 4.69) is 10.3 Å². The van der Waals surface area contributed by atoms with E-state index in [4.69, 9.17) is 0 Å². The molecule has 0 saturated heterocycles. The smallest absolute Gasteiger partial charge is 0.236 e. The topological polar surface area (TPSA) is 42.0 Å². The van der Waals surface area contributed by atoms with Gasteiger partial charge in [-0.25, -0.2) is 0 Å². The summed E-state index contributed by atoms with van der Waals surface area (Å²) in [6.45, 7) is 0. The number of aromatic nitrogens is 1. The van der Waals surface area contributed by atoms with Crippen molar-refractivity contribution in [3.05, 3.63) is 96.3 Å². The molecular weight excluding hydrogens is 272 g/mol. The van der Waals surface area contributed by atoms with Gasteiger partial charge in [-0.1, -0.05) is 60.7 Å². The Morgan fingerprint density at radius 2 is 1.27 bits per heavy atom. The third kappa shape index (κ3) is 3.20. The van der Waals surface area contributed by atoms with Gasteiger partial charge in [-0.15, -0.1) is 0 Å². The highest BCUT2D eigenvalue weighted by Crippen LogP contribution is 2.26. The van der Waals surface area contributed by atoms with Gasteiger partial charge in [-0.2, -0.15) is 0 Å². The molecule has 1 amide bonds. The highest BCUT2D eigenvalue weighted by atomic mass is 16.1. The fourth-order valence-corrected chi connectivity index (χ4v) is 2.44. The van der Waals surface area contributed by atoms with Crippen LogP contribution < -0.4 is 5.32 Å². The Morgan fingerprint density at radius 1 is 0.773 bits per heavy atom. The number of nitrogens with one attached hydrogen (secondary N) is 1. The summed E-state index contributed by atoms with van der Waals surface area (Å²) in [4.78, 5) is 16.7. The van der Waals surface area contributed by atoms with Crippen LogP contribution in [0.25, 0.3) is 0 Å². The summed E-state index contributed by atoms with van der Waals surface area (Å²) in [6.07, 6.45) is 3.32. The summed E-state index contributed by atoms with van der Waals surface area (Å²) in [5.74, 6) is -0.390. The molecule has 3 rings (SSSR count). The zero-order valence-electron chi connectivity index (χ0n) is 12.0. The summed E-state index contributed by atoms with van der Waals surface area (Å²) in [6, 6.07) is 23.2. The van der Waals surface area contributed by atoms with Gasteiger partial charge in [0.15, 0.2) is 0 Å². The molecule has 0 fully saturated rings. The van der Waals surface area contributed by atoms with Crippen LogP contribution >= 0.6 is 0 Å². The van der Waals surface area contributed by atoms with Crippen molar-refractivity contribution < 1.29 is 4.79 Å². The quantitative estimate of drug-likeness (QED) is 0.792. The molecule has 1 aromatic heterocycles. The molecule has 108 valence electrons. The summed E-state index contributed by atoms with van der Waals surface area (Å²) in [5.41, 5.74) is 2.69. The maximum absolute atomic E-state index is 12.8. The molecule has 0 atom stereocenters. The molecule has 0 bridgehead atoms. The fraction of sp³-hybridized carbons (Fsp3) is 0.0526. The number of nitrogens with zero attached hydrogens (tertiary/aromatic N) is 1. The van der Waals surface area contributed by atoms with E-state index in [1.54, 1.807) is 24.5 Å². The van der Waals surface area contributed by atoms with Crippen LogP contribution in [0.2, 0.25) is 0 Å². The van der Waals surface area contributed by atoms with E-state index < -0.39 is 0 Å². The standard InChI is InChI=1S/C19H16N2O/c22-19(21-17-11-13-20-14-12-17)18(15-7-3-1-4-8-15)16-9-5-2-6-10-16/h1-14,18H,(H,20,21,22). The summed E-state index contributed by atoms with van der Waals surface area (Å²) in [7, 11) is 0. The number of amides is 1. The fourth-order valence-electron chi connectivity index (χ4n) is 2.44. The number of pyridine rings is 1. The Hall–Kier alpha value is -2.94. The number of hydrogen-bond donors (Lipinski definition) is 1. The van der Waals surface area contributed by atoms with E-state index in [-0.39, 0.29) is 11.8 Å². The van der Waals surface area contributed by atoms with Gasteiger partial charge < -0.3 is 5.32 Å². The Labute approximate surface area is 129 Å². The van der Waals surface area contributed by atoms with Crippen molar-refractivity contribution in [3.63, 3.8) is 0 Å². The highest BCUT2D eigenvalue weighted by molar-refractivity contribution is 5.98. The second kappa shape index (κ2) is 6.68. The van der Waals surface area contributed by atoms with Gasteiger partial charge in [0, 0.05) is 18.1 Å². The van der Waals surface area contributed by atoms with Crippen molar-refractivity contribution in [1.82, 2.24) is 4.98 Å². The van der Waals surface area contributed by atoms with Crippen molar-refractivity contribution in [2.24, 2.45) is 0 Å². The van der Waals surface area contributed by atoms with Gasteiger partial charge in [0.25, 0.3) is 0 Å². The maximum Gasteiger partial charge on any atom is 0.236 e. The normalized spacial score (nSPS) is 10.4. The Morgan fingerprint density at radius 3 is 1.77 bits per heavy atom. The van der Waals surface area contributed by atoms with Gasteiger partial charge in [0.05, 0.1) is 5.92 Å². The van der Waals surface area contributed by atoms with Crippen LogP contribution in [0.5, 0.6) is 0 Å². The van der Waals surface area contributed by atoms with E-state index in [0.29, 0.717) is 0 Å². The van der Waals surface area contributed by atoms with Gasteiger partial charge >= 0.3 is 0 Å². The van der Waals surface area contributed by atoms with Crippen molar-refractivity contribution in [1.29, 1.82) is 0 Å². The van der Waals surface area contributed by atoms with E-state index in [9.17, 15) is 4.79 Å². The largest absolute Gasteiger partial charge is 0.325 e. The van der Waals surface area contributed by atoms with Crippen molar-refractivity contribution in [2.75, 3.05) is 5.32 Å². The average Bonchev–Trinajstić information content (AvgIpc) is 2.58. The second-order valence-electron chi connectivity index (χ2n) is 4.98. The van der Waals surface area contributed by atoms with E-state index in [1.807, 2.05) is 60.7 Å². The molecule has 0 radical (unpaired) electrons. The monoisotopic (exact) mass is 288 g/mol. The first kappa shape index (κ1) is 14.0. The minimum absolute atomic E-state index is 0.0522. The zero-order chi connectivity index (χ0) is 15.2. The van der Waals surface area contributed by atoms with Crippen LogP contribution in [0.15, 0.2) is 85.2 Å². The lowest BCUT2D eigenvalue weighted by molar-refractivity contribution is -0.116. The maximum atomic E-state index is 12.8. The van der Waals surface area contributed by atoms with Crippen LogP contribution in [0.3, 0.4) is 0 Å². The van der Waals surface area contributed by atoms with E-state index >= 15 is 0 Å². The molecule has 0 aliphatic heterocycles. The zero-order valence-corrected chi connectivity index (χ0v) is 12.0. The van der Waals surface area contributed by atoms with Gasteiger partial charge in [-0.05, 0) is 23.3 Å². The molecule has 3 nitrogen and oxygen atoms in total. The molecule has 2 aromatic carbocycles. The molecule has 0 saturated carbocycles. The minimum atomic E-state index is -0.337. The molecule has 3 aromatic rings. The van der Waals surface area contributed by atoms with E-state index in [1.165, 1.54) is 0 Å².